The fraction of sp³-hybridized carbons (Fsp3) is 0.368. The van der Waals surface area contributed by atoms with Crippen molar-refractivity contribution in [3.8, 4) is 11.5 Å². The summed E-state index contributed by atoms with van der Waals surface area (Å²) < 4.78 is 32.8. The summed E-state index contributed by atoms with van der Waals surface area (Å²) in [6.07, 6.45) is 0.0144. The smallest absolute Gasteiger partial charge is 0.135 e. The van der Waals surface area contributed by atoms with Crippen molar-refractivity contribution < 1.29 is 17.0 Å². The zero-order chi connectivity index (χ0) is 17.6. The SMILES string of the molecule is [2H]Cc1ccccc1OC[C@H]1OC(Cl)C[C@@H]1Oc1ccccc1C[2H]. The van der Waals surface area contributed by atoms with Crippen molar-refractivity contribution in [2.45, 2.75) is 38.0 Å². The molecule has 122 valence electrons. The van der Waals surface area contributed by atoms with Gasteiger partial charge in [0.2, 0.25) is 0 Å². The zero-order valence-electron chi connectivity index (χ0n) is 14.8. The molecule has 4 heteroatoms. The summed E-state index contributed by atoms with van der Waals surface area (Å²) in [6, 6.07) is 15.0. The third kappa shape index (κ3) is 3.98. The van der Waals surface area contributed by atoms with Crippen LogP contribution < -0.4 is 9.47 Å². The number of benzene rings is 2. The van der Waals surface area contributed by atoms with Crippen LogP contribution in [0, 0.1) is 13.8 Å². The Balaban J connectivity index is 1.67. The van der Waals surface area contributed by atoms with Crippen LogP contribution in [0.5, 0.6) is 11.5 Å². The summed E-state index contributed by atoms with van der Waals surface area (Å²) in [7, 11) is 0. The van der Waals surface area contributed by atoms with Crippen molar-refractivity contribution in [2.24, 2.45) is 0 Å². The van der Waals surface area contributed by atoms with E-state index in [1.807, 2.05) is 48.5 Å². The van der Waals surface area contributed by atoms with E-state index in [1.165, 1.54) is 0 Å². The fourth-order valence-corrected chi connectivity index (χ4v) is 2.84. The van der Waals surface area contributed by atoms with Gasteiger partial charge in [0.25, 0.3) is 0 Å². The Morgan fingerprint density at radius 3 is 2.48 bits per heavy atom. The van der Waals surface area contributed by atoms with E-state index >= 15 is 0 Å². The van der Waals surface area contributed by atoms with Crippen LogP contribution in [0.3, 0.4) is 0 Å². The van der Waals surface area contributed by atoms with Crippen LogP contribution in [0.25, 0.3) is 0 Å². The standard InChI is InChI=1S/C19H21ClO3/c1-13-7-3-5-9-15(13)21-12-18-17(11-19(20)23-18)22-16-10-6-4-8-14(16)2/h3-10,17-19H,11-12H2,1-2H3/t17-,18+,19?/m0/s1/i1D,2D. The molecule has 23 heavy (non-hydrogen) atoms. The number of para-hydroxylation sites is 2. The Kier molecular flexibility index (Phi) is 4.31. The van der Waals surface area contributed by atoms with Gasteiger partial charge >= 0.3 is 0 Å². The van der Waals surface area contributed by atoms with Crippen molar-refractivity contribution in [2.75, 3.05) is 6.61 Å². The topological polar surface area (TPSA) is 27.7 Å². The van der Waals surface area contributed by atoms with Crippen molar-refractivity contribution in [3.63, 3.8) is 0 Å². The minimum atomic E-state index is -0.423. The first-order valence-corrected chi connectivity index (χ1v) is 7.98. The molecule has 2 aromatic rings. The van der Waals surface area contributed by atoms with Crippen molar-refractivity contribution >= 4 is 11.6 Å². The van der Waals surface area contributed by atoms with Gasteiger partial charge in [-0.1, -0.05) is 48.0 Å². The molecule has 1 fully saturated rings. The summed E-state index contributed by atoms with van der Waals surface area (Å²) in [5.74, 6) is 1.37. The molecule has 3 nitrogen and oxygen atoms in total. The van der Waals surface area contributed by atoms with Gasteiger partial charge in [-0.15, -0.1) is 0 Å². The summed E-state index contributed by atoms with van der Waals surface area (Å²) in [6.45, 7) is 0.622. The van der Waals surface area contributed by atoms with Crippen LogP contribution in [-0.4, -0.2) is 24.4 Å². The summed E-state index contributed by atoms with van der Waals surface area (Å²) >= 11 is 6.16. The Bertz CT molecular complexity index is 698. The second-order valence-corrected chi connectivity index (χ2v) is 5.99. The van der Waals surface area contributed by atoms with Crippen molar-refractivity contribution in [1.29, 1.82) is 0 Å². The fourth-order valence-electron chi connectivity index (χ4n) is 2.54. The molecular formula is C19H21ClO3. The Morgan fingerprint density at radius 2 is 1.74 bits per heavy atom. The van der Waals surface area contributed by atoms with E-state index in [4.69, 9.17) is 28.6 Å². The van der Waals surface area contributed by atoms with E-state index in [0.29, 0.717) is 24.5 Å². The number of ether oxygens (including phenoxy) is 3. The third-order valence-electron chi connectivity index (χ3n) is 3.78. The van der Waals surface area contributed by atoms with E-state index < -0.39 is 5.56 Å². The molecule has 1 unspecified atom stereocenters. The van der Waals surface area contributed by atoms with Crippen LogP contribution in [0.1, 0.15) is 20.3 Å². The van der Waals surface area contributed by atoms with Crippen molar-refractivity contribution in [3.05, 3.63) is 59.7 Å². The molecule has 3 atom stereocenters. The molecule has 1 aliphatic heterocycles. The third-order valence-corrected chi connectivity index (χ3v) is 4.06. The molecule has 2 aromatic carbocycles. The number of rotatable bonds is 5. The van der Waals surface area contributed by atoms with Gasteiger partial charge < -0.3 is 14.2 Å². The minimum absolute atomic E-state index is 0.159. The molecule has 0 radical (unpaired) electrons. The van der Waals surface area contributed by atoms with Crippen LogP contribution in [0.15, 0.2) is 48.5 Å². The van der Waals surface area contributed by atoms with Gasteiger partial charge in [-0.2, -0.15) is 0 Å². The molecule has 3 rings (SSSR count). The number of halogens is 1. The first-order valence-electron chi connectivity index (χ1n) is 8.96. The summed E-state index contributed by atoms with van der Waals surface area (Å²) in [5, 5.41) is 0. The first-order chi connectivity index (χ1) is 12.2. The summed E-state index contributed by atoms with van der Waals surface area (Å²) in [5.41, 5.74) is 1.24. The lowest BCUT2D eigenvalue weighted by atomic mass is 10.1. The van der Waals surface area contributed by atoms with Gasteiger partial charge in [0.15, 0.2) is 0 Å². The van der Waals surface area contributed by atoms with Crippen LogP contribution in [0.2, 0.25) is 0 Å². The molecule has 0 saturated carbocycles. The largest absolute Gasteiger partial charge is 0.490 e. The molecule has 0 aromatic heterocycles. The van der Waals surface area contributed by atoms with E-state index in [9.17, 15) is 0 Å². The van der Waals surface area contributed by atoms with Crippen LogP contribution in [0.4, 0.5) is 0 Å². The van der Waals surface area contributed by atoms with Crippen LogP contribution in [-0.2, 0) is 4.74 Å². The molecule has 0 spiro atoms. The maximum Gasteiger partial charge on any atom is 0.135 e. The van der Waals surface area contributed by atoms with Crippen molar-refractivity contribution in [1.82, 2.24) is 0 Å². The highest BCUT2D eigenvalue weighted by Gasteiger charge is 2.36. The van der Waals surface area contributed by atoms with Gasteiger partial charge in [0.05, 0.1) is 0 Å². The number of hydrogen-bond acceptors (Lipinski definition) is 3. The summed E-state index contributed by atoms with van der Waals surface area (Å²) in [4.78, 5) is 0. The normalized spacial score (nSPS) is 24.8. The van der Waals surface area contributed by atoms with E-state index in [-0.39, 0.29) is 26.0 Å². The monoisotopic (exact) mass is 334 g/mol. The molecule has 0 N–H and O–H groups in total. The average Bonchev–Trinajstić information content (AvgIpc) is 3.00. The van der Waals surface area contributed by atoms with E-state index in [0.717, 1.165) is 11.1 Å². The predicted molar refractivity (Wildman–Crippen MR) is 91.4 cm³/mol. The van der Waals surface area contributed by atoms with Gasteiger partial charge in [-0.25, -0.2) is 0 Å². The number of hydrogen-bond donors (Lipinski definition) is 0. The number of alkyl halides is 1. The highest BCUT2D eigenvalue weighted by Crippen LogP contribution is 2.29. The quantitative estimate of drug-likeness (QED) is 0.754. The first kappa shape index (κ1) is 13.7. The lowest BCUT2D eigenvalue weighted by Crippen LogP contribution is -2.32. The Hall–Kier alpha value is -1.71. The molecule has 0 aliphatic carbocycles. The highest BCUT2D eigenvalue weighted by atomic mass is 35.5. The highest BCUT2D eigenvalue weighted by molar-refractivity contribution is 6.19. The van der Waals surface area contributed by atoms with Gasteiger partial charge in [-0.05, 0) is 37.1 Å². The lowest BCUT2D eigenvalue weighted by Gasteiger charge is -2.21. The molecule has 1 heterocycles. The second-order valence-electron chi connectivity index (χ2n) is 5.50. The Morgan fingerprint density at radius 1 is 1.09 bits per heavy atom. The van der Waals surface area contributed by atoms with Gasteiger partial charge in [0, 0.05) is 9.16 Å². The molecule has 1 saturated heterocycles. The van der Waals surface area contributed by atoms with E-state index in [1.54, 1.807) is 0 Å². The van der Waals surface area contributed by atoms with Gasteiger partial charge in [-0.3, -0.25) is 0 Å². The maximum absolute atomic E-state index is 7.61. The lowest BCUT2D eigenvalue weighted by molar-refractivity contribution is 0.0104. The minimum Gasteiger partial charge on any atom is -0.490 e. The molecule has 0 bridgehead atoms. The van der Waals surface area contributed by atoms with E-state index in [2.05, 4.69) is 0 Å². The maximum atomic E-state index is 7.61. The number of aryl methyl sites for hydroxylation is 2. The van der Waals surface area contributed by atoms with Crippen LogP contribution >= 0.6 is 11.6 Å². The zero-order valence-corrected chi connectivity index (χ0v) is 13.5. The Labute approximate surface area is 144 Å². The predicted octanol–water partition coefficient (Wildman–Crippen LogP) is 4.48. The molecular weight excluding hydrogens is 312 g/mol. The van der Waals surface area contributed by atoms with Gasteiger partial charge in [0.1, 0.15) is 35.9 Å². The average molecular weight is 335 g/mol. The molecule has 0 amide bonds. The molecule has 1 aliphatic rings. The second kappa shape index (κ2) is 7.24.